The van der Waals surface area contributed by atoms with Gasteiger partial charge in [-0.15, -0.1) is 12.4 Å². The lowest BCUT2D eigenvalue weighted by Crippen LogP contribution is -2.11. The zero-order chi connectivity index (χ0) is 9.68. The number of rotatable bonds is 2. The van der Waals surface area contributed by atoms with Gasteiger partial charge in [0.25, 0.3) is 0 Å². The molecule has 1 heterocycles. The fourth-order valence-electron chi connectivity index (χ4n) is 0.862. The molecular weight excluding hydrogens is 206 g/mol. The van der Waals surface area contributed by atoms with Gasteiger partial charge in [0.15, 0.2) is 0 Å². The number of esters is 1. The summed E-state index contributed by atoms with van der Waals surface area (Å²) in [6, 6.07) is 0. The van der Waals surface area contributed by atoms with Gasteiger partial charge in [-0.25, -0.2) is 4.79 Å². The monoisotopic (exact) mass is 217 g/mol. The predicted octanol–water partition coefficient (Wildman–Crippen LogP) is 1.41. The van der Waals surface area contributed by atoms with Crippen molar-refractivity contribution in [3.8, 4) is 0 Å². The molecule has 14 heavy (non-hydrogen) atoms. The summed E-state index contributed by atoms with van der Waals surface area (Å²) in [5, 5.41) is 12.1. The van der Waals surface area contributed by atoms with E-state index < -0.39 is 5.97 Å². The minimum Gasteiger partial charge on any atom is -0.507 e. The molecule has 5 heteroatoms. The van der Waals surface area contributed by atoms with Gasteiger partial charge in [-0.3, -0.25) is 0 Å². The van der Waals surface area contributed by atoms with E-state index in [0.29, 0.717) is 0 Å². The summed E-state index contributed by atoms with van der Waals surface area (Å²) >= 11 is 0. The summed E-state index contributed by atoms with van der Waals surface area (Å²) in [5.41, 5.74) is 0.131. The third kappa shape index (κ3) is 3.14. The van der Waals surface area contributed by atoms with Crippen molar-refractivity contribution >= 4 is 18.4 Å². The first-order chi connectivity index (χ1) is 6.25. The second kappa shape index (κ2) is 6.10. The first-order valence-corrected chi connectivity index (χ1v) is 3.95. The van der Waals surface area contributed by atoms with Crippen molar-refractivity contribution in [2.45, 2.75) is 6.92 Å². The Kier molecular flexibility index (Phi) is 5.48. The molecule has 1 aliphatic rings. The maximum atomic E-state index is 11.2. The molecule has 0 amide bonds. The second-order valence-corrected chi connectivity index (χ2v) is 2.36. The van der Waals surface area contributed by atoms with E-state index >= 15 is 0 Å². The van der Waals surface area contributed by atoms with E-state index in [4.69, 9.17) is 4.74 Å². The minimum absolute atomic E-state index is 0. The summed E-state index contributed by atoms with van der Waals surface area (Å²) in [4.78, 5) is 11.2. The quantitative estimate of drug-likeness (QED) is 0.687. The second-order valence-electron chi connectivity index (χ2n) is 2.36. The average Bonchev–Trinajstić information content (AvgIpc) is 2.30. The Balaban J connectivity index is 0.00000169. The van der Waals surface area contributed by atoms with Gasteiger partial charge in [-0.2, -0.15) is 0 Å². The van der Waals surface area contributed by atoms with Crippen LogP contribution in [-0.4, -0.2) is 17.7 Å². The molecule has 0 unspecified atom stereocenters. The van der Waals surface area contributed by atoms with Crippen molar-refractivity contribution in [3.63, 3.8) is 0 Å². The van der Waals surface area contributed by atoms with Crippen LogP contribution in [0.25, 0.3) is 0 Å². The Morgan fingerprint density at radius 1 is 1.64 bits per heavy atom. The Morgan fingerprint density at radius 3 is 3.00 bits per heavy atom. The number of carbonyl (C=O) groups is 1. The summed E-state index contributed by atoms with van der Waals surface area (Å²) in [6.07, 6.45) is 6.01. The number of allylic oxidation sites excluding steroid dienone is 2. The van der Waals surface area contributed by atoms with Gasteiger partial charge in [0.2, 0.25) is 0 Å². The largest absolute Gasteiger partial charge is 0.507 e. The zero-order valence-corrected chi connectivity index (χ0v) is 8.50. The van der Waals surface area contributed by atoms with E-state index in [-0.39, 0.29) is 30.3 Å². The molecule has 0 atom stereocenters. The van der Waals surface area contributed by atoms with Crippen LogP contribution in [0.4, 0.5) is 0 Å². The maximum Gasteiger partial charge on any atom is 0.343 e. The number of nitrogens with one attached hydrogen (secondary N) is 1. The molecule has 1 rings (SSSR count). The van der Waals surface area contributed by atoms with Crippen LogP contribution in [0, 0.1) is 0 Å². The molecule has 0 spiro atoms. The van der Waals surface area contributed by atoms with Crippen LogP contribution >= 0.6 is 12.4 Å². The molecule has 0 aromatic rings. The average molecular weight is 218 g/mol. The highest BCUT2D eigenvalue weighted by Gasteiger charge is 2.14. The standard InChI is InChI=1S/C9H11NO3.ClH/c1-2-13-9(12)7-6-10-5-3-4-8(7)11;/h3-6,10-11H,2H2,1H3;1H. The van der Waals surface area contributed by atoms with Gasteiger partial charge in [-0.1, -0.05) is 0 Å². The highest BCUT2D eigenvalue weighted by Crippen LogP contribution is 2.09. The molecule has 2 N–H and O–H groups in total. The number of ether oxygens (including phenoxy) is 1. The minimum atomic E-state index is -0.535. The van der Waals surface area contributed by atoms with Crippen molar-refractivity contribution in [1.82, 2.24) is 5.32 Å². The predicted molar refractivity (Wildman–Crippen MR) is 55.0 cm³/mol. The third-order valence-electron chi connectivity index (χ3n) is 1.45. The highest BCUT2D eigenvalue weighted by molar-refractivity contribution is 5.92. The highest BCUT2D eigenvalue weighted by atomic mass is 35.5. The van der Waals surface area contributed by atoms with E-state index in [1.54, 1.807) is 19.2 Å². The van der Waals surface area contributed by atoms with E-state index in [2.05, 4.69) is 5.32 Å². The molecule has 0 aromatic carbocycles. The lowest BCUT2D eigenvalue weighted by molar-refractivity contribution is -0.138. The number of hydrogen-bond acceptors (Lipinski definition) is 4. The van der Waals surface area contributed by atoms with Crippen LogP contribution in [0.3, 0.4) is 0 Å². The molecule has 0 bridgehead atoms. The number of aliphatic hydroxyl groups excluding tert-OH is 1. The molecule has 0 saturated heterocycles. The SMILES string of the molecule is CCOC(=O)C1=CNC=CC=C1O.Cl. The summed E-state index contributed by atoms with van der Waals surface area (Å²) in [6.45, 7) is 2.00. The van der Waals surface area contributed by atoms with Crippen molar-refractivity contribution < 1.29 is 14.6 Å². The number of hydrogen-bond donors (Lipinski definition) is 2. The van der Waals surface area contributed by atoms with Gasteiger partial charge in [0.1, 0.15) is 11.3 Å². The molecule has 0 fully saturated rings. The molecule has 0 aromatic heterocycles. The third-order valence-corrected chi connectivity index (χ3v) is 1.45. The number of aliphatic hydroxyl groups is 1. The van der Waals surface area contributed by atoms with Crippen molar-refractivity contribution in [2.75, 3.05) is 6.61 Å². The molecule has 0 aliphatic carbocycles. The molecule has 0 radical (unpaired) electrons. The molecule has 4 nitrogen and oxygen atoms in total. The topological polar surface area (TPSA) is 58.6 Å². The van der Waals surface area contributed by atoms with E-state index in [9.17, 15) is 9.90 Å². The molecule has 78 valence electrons. The summed E-state index contributed by atoms with van der Waals surface area (Å²) < 4.78 is 4.73. The molecule has 0 saturated carbocycles. The Labute approximate surface area is 88.4 Å². The summed E-state index contributed by atoms with van der Waals surface area (Å²) in [7, 11) is 0. The molecule has 1 aliphatic heterocycles. The fourth-order valence-corrected chi connectivity index (χ4v) is 0.862. The van der Waals surface area contributed by atoms with Crippen LogP contribution in [-0.2, 0) is 9.53 Å². The number of halogens is 1. The van der Waals surface area contributed by atoms with Crippen LogP contribution in [0.5, 0.6) is 0 Å². The van der Waals surface area contributed by atoms with Crippen LogP contribution in [0.1, 0.15) is 6.92 Å². The Morgan fingerprint density at radius 2 is 2.36 bits per heavy atom. The lowest BCUT2D eigenvalue weighted by atomic mass is 10.2. The first kappa shape index (κ1) is 12.6. The first-order valence-electron chi connectivity index (χ1n) is 3.95. The Bertz CT molecular complexity index is 294. The van der Waals surface area contributed by atoms with Crippen LogP contribution < -0.4 is 5.32 Å². The zero-order valence-electron chi connectivity index (χ0n) is 7.69. The van der Waals surface area contributed by atoms with Gasteiger partial charge in [-0.05, 0) is 19.1 Å². The maximum absolute atomic E-state index is 11.2. The van der Waals surface area contributed by atoms with Crippen LogP contribution in [0.2, 0.25) is 0 Å². The Hall–Kier alpha value is -1.42. The van der Waals surface area contributed by atoms with Gasteiger partial charge < -0.3 is 15.2 Å². The van der Waals surface area contributed by atoms with Gasteiger partial charge in [0, 0.05) is 12.4 Å². The van der Waals surface area contributed by atoms with Crippen molar-refractivity contribution in [1.29, 1.82) is 0 Å². The summed E-state index contributed by atoms with van der Waals surface area (Å²) in [5.74, 6) is -0.632. The van der Waals surface area contributed by atoms with Crippen LogP contribution in [0.15, 0.2) is 35.9 Å². The van der Waals surface area contributed by atoms with Crippen molar-refractivity contribution in [3.05, 3.63) is 35.9 Å². The van der Waals surface area contributed by atoms with E-state index in [1.807, 2.05) is 0 Å². The van der Waals surface area contributed by atoms with E-state index in [0.717, 1.165) is 0 Å². The smallest absolute Gasteiger partial charge is 0.343 e. The van der Waals surface area contributed by atoms with E-state index in [1.165, 1.54) is 12.3 Å². The van der Waals surface area contributed by atoms with Crippen molar-refractivity contribution in [2.24, 2.45) is 0 Å². The van der Waals surface area contributed by atoms with Gasteiger partial charge in [0.05, 0.1) is 6.61 Å². The number of carbonyl (C=O) groups excluding carboxylic acids is 1. The fraction of sp³-hybridized carbons (Fsp3) is 0.222. The van der Waals surface area contributed by atoms with Gasteiger partial charge >= 0.3 is 5.97 Å². The lowest BCUT2D eigenvalue weighted by Gasteiger charge is -2.04. The normalized spacial score (nSPS) is 14.1. The molecular formula is C9H12ClNO3.